The molecule has 2 rings (SSSR count). The number of amides is 2. The molecule has 6 nitrogen and oxygen atoms in total. The van der Waals surface area contributed by atoms with Gasteiger partial charge in [0.1, 0.15) is 18.2 Å². The number of likely N-dealkylation sites (N-methyl/N-ethyl adjacent to an activating group) is 1. The van der Waals surface area contributed by atoms with Gasteiger partial charge in [-0.05, 0) is 55.6 Å². The molecule has 2 aromatic rings. The van der Waals surface area contributed by atoms with E-state index in [9.17, 15) is 14.0 Å². The molecule has 0 heterocycles. The molecule has 0 aromatic heterocycles. The average molecular weight is 408 g/mol. The number of nitrogens with two attached hydrogens (primary N) is 1. The maximum atomic E-state index is 13.2. The van der Waals surface area contributed by atoms with Crippen LogP contribution in [0.4, 0.5) is 10.1 Å². The molecule has 0 radical (unpaired) electrons. The number of nitrogens with zero attached hydrogens (tertiary/aromatic N) is 2. The van der Waals surface area contributed by atoms with Crippen LogP contribution in [0.5, 0.6) is 5.75 Å². The molecule has 150 valence electrons. The first-order valence-corrected chi connectivity index (χ1v) is 9.14. The van der Waals surface area contributed by atoms with Crippen LogP contribution in [0.15, 0.2) is 48.5 Å². The second-order valence-corrected chi connectivity index (χ2v) is 6.71. The van der Waals surface area contributed by atoms with Crippen molar-refractivity contribution >= 4 is 29.1 Å². The van der Waals surface area contributed by atoms with E-state index in [4.69, 9.17) is 22.1 Å². The predicted octanol–water partition coefficient (Wildman–Crippen LogP) is 2.70. The number of anilines is 1. The quantitative estimate of drug-likeness (QED) is 0.657. The number of halogens is 2. The zero-order valence-electron chi connectivity index (χ0n) is 15.6. The van der Waals surface area contributed by atoms with Gasteiger partial charge in [0.05, 0.1) is 6.54 Å². The Morgan fingerprint density at radius 2 is 1.71 bits per heavy atom. The zero-order valence-corrected chi connectivity index (χ0v) is 16.4. The summed E-state index contributed by atoms with van der Waals surface area (Å²) in [4.78, 5) is 27.1. The Kier molecular flexibility index (Phi) is 8.22. The minimum Gasteiger partial charge on any atom is -0.492 e. The van der Waals surface area contributed by atoms with Crippen LogP contribution in [0.3, 0.4) is 0 Å². The van der Waals surface area contributed by atoms with Crippen molar-refractivity contribution in [2.75, 3.05) is 38.2 Å². The molecule has 0 aliphatic rings. The number of primary amides is 1. The third-order valence-electron chi connectivity index (χ3n) is 3.98. The molecule has 0 bridgehead atoms. The SMILES string of the molecule is CN(CCOc1ccc(Cl)cc1)CC(=O)N(CCC(N)=O)c1ccc(F)cc1. The monoisotopic (exact) mass is 407 g/mol. The van der Waals surface area contributed by atoms with Crippen molar-refractivity contribution in [3.63, 3.8) is 0 Å². The first-order valence-electron chi connectivity index (χ1n) is 8.76. The Bertz CT molecular complexity index is 784. The molecule has 2 N–H and O–H groups in total. The van der Waals surface area contributed by atoms with Crippen LogP contribution in [-0.2, 0) is 9.59 Å². The first-order chi connectivity index (χ1) is 13.3. The highest BCUT2D eigenvalue weighted by Gasteiger charge is 2.18. The van der Waals surface area contributed by atoms with Gasteiger partial charge < -0.3 is 15.4 Å². The fourth-order valence-electron chi connectivity index (χ4n) is 2.49. The summed E-state index contributed by atoms with van der Waals surface area (Å²) in [6, 6.07) is 12.6. The molecule has 0 fully saturated rings. The van der Waals surface area contributed by atoms with Crippen LogP contribution in [-0.4, -0.2) is 50.0 Å². The lowest BCUT2D eigenvalue weighted by atomic mass is 10.2. The molecule has 0 aliphatic carbocycles. The Morgan fingerprint density at radius 1 is 1.07 bits per heavy atom. The molecule has 8 heteroatoms. The summed E-state index contributed by atoms with van der Waals surface area (Å²) < 4.78 is 18.8. The molecule has 0 atom stereocenters. The van der Waals surface area contributed by atoms with Gasteiger partial charge in [0.2, 0.25) is 11.8 Å². The summed E-state index contributed by atoms with van der Waals surface area (Å²) in [5, 5.41) is 0.631. The van der Waals surface area contributed by atoms with E-state index in [1.54, 1.807) is 36.2 Å². The highest BCUT2D eigenvalue weighted by Crippen LogP contribution is 2.17. The summed E-state index contributed by atoms with van der Waals surface area (Å²) >= 11 is 5.83. The normalized spacial score (nSPS) is 10.7. The van der Waals surface area contributed by atoms with Gasteiger partial charge in [0.25, 0.3) is 0 Å². The van der Waals surface area contributed by atoms with E-state index in [-0.39, 0.29) is 25.4 Å². The second kappa shape index (κ2) is 10.6. The minimum absolute atomic E-state index is 0.0203. The Morgan fingerprint density at radius 3 is 2.32 bits per heavy atom. The predicted molar refractivity (Wildman–Crippen MR) is 107 cm³/mol. The lowest BCUT2D eigenvalue weighted by Gasteiger charge is -2.25. The number of hydrogen-bond donors (Lipinski definition) is 1. The molecule has 2 aromatic carbocycles. The van der Waals surface area contributed by atoms with E-state index in [1.165, 1.54) is 29.2 Å². The van der Waals surface area contributed by atoms with Crippen molar-refractivity contribution in [1.82, 2.24) is 4.90 Å². The largest absolute Gasteiger partial charge is 0.492 e. The van der Waals surface area contributed by atoms with Crippen LogP contribution in [0.1, 0.15) is 6.42 Å². The zero-order chi connectivity index (χ0) is 20.5. The molecule has 0 aliphatic heterocycles. The van der Waals surface area contributed by atoms with Gasteiger partial charge in [-0.3, -0.25) is 14.5 Å². The van der Waals surface area contributed by atoms with E-state index < -0.39 is 11.7 Å². The van der Waals surface area contributed by atoms with Crippen LogP contribution in [0.2, 0.25) is 5.02 Å². The molecule has 0 saturated carbocycles. The van der Waals surface area contributed by atoms with Crippen LogP contribution < -0.4 is 15.4 Å². The van der Waals surface area contributed by atoms with Gasteiger partial charge in [-0.1, -0.05) is 11.6 Å². The third kappa shape index (κ3) is 7.17. The average Bonchev–Trinajstić information content (AvgIpc) is 2.64. The van der Waals surface area contributed by atoms with Crippen molar-refractivity contribution in [3.8, 4) is 5.75 Å². The van der Waals surface area contributed by atoms with Crippen LogP contribution in [0, 0.1) is 5.82 Å². The van der Waals surface area contributed by atoms with Crippen molar-refractivity contribution in [3.05, 3.63) is 59.4 Å². The van der Waals surface area contributed by atoms with Crippen molar-refractivity contribution in [1.29, 1.82) is 0 Å². The van der Waals surface area contributed by atoms with Crippen LogP contribution in [0.25, 0.3) is 0 Å². The minimum atomic E-state index is -0.510. The van der Waals surface area contributed by atoms with E-state index in [0.717, 1.165) is 0 Å². The topological polar surface area (TPSA) is 75.9 Å². The van der Waals surface area contributed by atoms with Gasteiger partial charge in [0, 0.05) is 30.2 Å². The van der Waals surface area contributed by atoms with Gasteiger partial charge in [-0.15, -0.1) is 0 Å². The van der Waals surface area contributed by atoms with Crippen molar-refractivity contribution in [2.45, 2.75) is 6.42 Å². The first kappa shape index (κ1) is 21.7. The fourth-order valence-corrected chi connectivity index (χ4v) is 2.61. The van der Waals surface area contributed by atoms with Crippen molar-refractivity contribution < 1.29 is 18.7 Å². The molecular weight excluding hydrogens is 385 g/mol. The van der Waals surface area contributed by atoms with E-state index >= 15 is 0 Å². The maximum absolute atomic E-state index is 13.2. The third-order valence-corrected chi connectivity index (χ3v) is 4.23. The van der Waals surface area contributed by atoms with Gasteiger partial charge in [-0.25, -0.2) is 4.39 Å². The number of benzene rings is 2. The highest BCUT2D eigenvalue weighted by molar-refractivity contribution is 6.30. The van der Waals surface area contributed by atoms with Gasteiger partial charge in [-0.2, -0.15) is 0 Å². The number of carbonyl (C=O) groups excluding carboxylic acids is 2. The summed E-state index contributed by atoms with van der Waals surface area (Å²) in [5.74, 6) is -0.437. The number of rotatable bonds is 10. The second-order valence-electron chi connectivity index (χ2n) is 6.28. The Labute approximate surface area is 168 Å². The number of hydrogen-bond acceptors (Lipinski definition) is 4. The van der Waals surface area contributed by atoms with Gasteiger partial charge in [0.15, 0.2) is 0 Å². The Hall–Kier alpha value is -2.64. The molecular formula is C20H23ClFN3O3. The molecule has 2 amide bonds. The van der Waals surface area contributed by atoms with E-state index in [1.807, 2.05) is 0 Å². The van der Waals surface area contributed by atoms with Gasteiger partial charge >= 0.3 is 0 Å². The van der Waals surface area contributed by atoms with E-state index in [2.05, 4.69) is 0 Å². The summed E-state index contributed by atoms with van der Waals surface area (Å²) in [7, 11) is 1.79. The summed E-state index contributed by atoms with van der Waals surface area (Å²) in [5.41, 5.74) is 5.72. The molecule has 0 spiro atoms. The maximum Gasteiger partial charge on any atom is 0.241 e. The molecule has 28 heavy (non-hydrogen) atoms. The lowest BCUT2D eigenvalue weighted by Crippen LogP contribution is -2.41. The summed E-state index contributed by atoms with van der Waals surface area (Å²) in [6.45, 7) is 1.15. The smallest absolute Gasteiger partial charge is 0.241 e. The molecule has 0 saturated heterocycles. The number of carbonyl (C=O) groups is 2. The van der Waals surface area contributed by atoms with Crippen LogP contribution >= 0.6 is 11.6 Å². The summed E-state index contributed by atoms with van der Waals surface area (Å²) in [6.07, 6.45) is 0.0203. The lowest BCUT2D eigenvalue weighted by molar-refractivity contribution is -0.119. The Balaban J connectivity index is 1.90. The molecule has 0 unspecified atom stereocenters. The van der Waals surface area contributed by atoms with Crippen molar-refractivity contribution in [2.24, 2.45) is 5.73 Å². The standard InChI is InChI=1S/C20H23ClFN3O3/c1-24(12-13-28-18-8-2-15(21)3-9-18)14-20(27)25(11-10-19(23)26)17-6-4-16(22)5-7-17/h2-9H,10-14H2,1H3,(H2,23,26). The number of ether oxygens (including phenoxy) is 1. The highest BCUT2D eigenvalue weighted by atomic mass is 35.5. The fraction of sp³-hybridized carbons (Fsp3) is 0.300. The van der Waals surface area contributed by atoms with E-state index in [0.29, 0.717) is 29.6 Å².